The van der Waals surface area contributed by atoms with Gasteiger partial charge in [0, 0.05) is 0 Å². The Morgan fingerprint density at radius 3 is 2.14 bits per heavy atom. The summed E-state index contributed by atoms with van der Waals surface area (Å²) in [5, 5.41) is 9.60. The van der Waals surface area contributed by atoms with Gasteiger partial charge in [0.2, 0.25) is 0 Å². The molecule has 0 aliphatic heterocycles. The Hall–Kier alpha value is -0.410. The van der Waals surface area contributed by atoms with Crippen LogP contribution in [-0.4, -0.2) is 5.91 Å². The topological polar surface area (TPSA) is 56.7 Å². The van der Waals surface area contributed by atoms with Crippen molar-refractivity contribution in [1.82, 2.24) is 0 Å². The van der Waals surface area contributed by atoms with E-state index in [0.717, 1.165) is 0 Å². The summed E-state index contributed by atoms with van der Waals surface area (Å²) in [5.74, 6) is -0.475. The van der Waals surface area contributed by atoms with Gasteiger partial charge in [-0.2, -0.15) is 0 Å². The quantitative estimate of drug-likeness (QED) is 0.443. The highest BCUT2D eigenvalue weighted by Crippen LogP contribution is 1.83. The Morgan fingerprint density at radius 1 is 1.71 bits per heavy atom. The molecular formula is C4H9NO2. The summed E-state index contributed by atoms with van der Waals surface area (Å²) in [5.41, 5.74) is 0.352. The molecule has 0 saturated carbocycles. The molecule has 7 heavy (non-hydrogen) atoms. The van der Waals surface area contributed by atoms with Gasteiger partial charge in [0.15, 0.2) is 0 Å². The van der Waals surface area contributed by atoms with E-state index in [1.807, 2.05) is 0 Å². The molecule has 0 aliphatic rings. The second-order valence-corrected chi connectivity index (χ2v) is 1.67. The first-order valence-corrected chi connectivity index (χ1v) is 2.17. The Balaban J connectivity index is 3.35. The predicted molar refractivity (Wildman–Crippen MR) is 25.1 cm³/mol. The van der Waals surface area contributed by atoms with Crippen molar-refractivity contribution in [3.8, 4) is 0 Å². The highest BCUT2D eigenvalue weighted by Gasteiger charge is 2.04. The van der Waals surface area contributed by atoms with Crippen LogP contribution >= 0.6 is 0 Å². The average molecular weight is 103 g/mol. The van der Waals surface area contributed by atoms with Gasteiger partial charge in [-0.3, -0.25) is 0 Å². The van der Waals surface area contributed by atoms with Gasteiger partial charge < -0.3 is 10.7 Å². The van der Waals surface area contributed by atoms with Gasteiger partial charge in [-0.25, -0.2) is 4.79 Å². The van der Waals surface area contributed by atoms with Gasteiger partial charge in [0.1, 0.15) is 0 Å². The van der Waals surface area contributed by atoms with E-state index in [1.54, 1.807) is 13.8 Å². The molecule has 2 N–H and O–H groups in total. The molecule has 0 rings (SSSR count). The lowest BCUT2D eigenvalue weighted by Crippen LogP contribution is -2.83. The van der Waals surface area contributed by atoms with E-state index in [9.17, 15) is 10.0 Å². The summed E-state index contributed by atoms with van der Waals surface area (Å²) in [6.45, 7) is 3.38. The fraction of sp³-hybridized carbons (Fsp3) is 0.750. The molecule has 0 fully saturated rings. The smallest absolute Gasteiger partial charge is 0.312 e. The fourth-order valence-corrected chi connectivity index (χ4v) is 0.136. The molecule has 0 aromatic rings. The zero-order valence-electron chi connectivity index (χ0n) is 4.47. The van der Waals surface area contributed by atoms with Crippen LogP contribution < -0.4 is 5.48 Å². The number of carbonyl (C=O) groups is 1. The predicted octanol–water partition coefficient (Wildman–Crippen LogP) is -0.770. The van der Waals surface area contributed by atoms with Crippen molar-refractivity contribution in [3.63, 3.8) is 0 Å². The second kappa shape index (κ2) is 2.71. The van der Waals surface area contributed by atoms with Gasteiger partial charge in [-0.1, -0.05) is 0 Å². The van der Waals surface area contributed by atoms with E-state index >= 15 is 0 Å². The van der Waals surface area contributed by atoms with E-state index < -0.39 is 0 Å². The molecule has 0 radical (unpaired) electrons. The lowest BCUT2D eigenvalue weighted by molar-refractivity contribution is -0.503. The first kappa shape index (κ1) is 6.59. The van der Waals surface area contributed by atoms with Crippen LogP contribution in [-0.2, 0) is 4.79 Å². The van der Waals surface area contributed by atoms with Gasteiger partial charge in [0.05, 0.1) is 5.92 Å². The van der Waals surface area contributed by atoms with Crippen LogP contribution in [0.3, 0.4) is 0 Å². The molecule has 1 amide bonds. The van der Waals surface area contributed by atoms with Gasteiger partial charge in [0.25, 0.3) is 0 Å². The maximum atomic E-state index is 10.1. The number of nitrogens with two attached hydrogens (primary N) is 1. The molecule has 0 bridgehead atoms. The van der Waals surface area contributed by atoms with Crippen molar-refractivity contribution < 1.29 is 10.3 Å². The summed E-state index contributed by atoms with van der Waals surface area (Å²) in [6, 6.07) is 0. The third-order valence-electron chi connectivity index (χ3n) is 0.685. The highest BCUT2D eigenvalue weighted by molar-refractivity contribution is 5.67. The molecule has 0 saturated heterocycles. The molecule has 0 aromatic heterocycles. The first-order valence-electron chi connectivity index (χ1n) is 2.17. The zero-order valence-corrected chi connectivity index (χ0v) is 4.47. The van der Waals surface area contributed by atoms with Crippen LogP contribution in [0.25, 0.3) is 0 Å². The molecule has 42 valence electrons. The Morgan fingerprint density at radius 2 is 2.14 bits per heavy atom. The number of hydrogen-bond donors (Lipinski definition) is 1. The van der Waals surface area contributed by atoms with Crippen molar-refractivity contribution in [2.75, 3.05) is 0 Å². The molecule has 0 unspecified atom stereocenters. The summed E-state index contributed by atoms with van der Waals surface area (Å²) in [6.07, 6.45) is 0. The minimum Gasteiger partial charge on any atom is -0.628 e. The van der Waals surface area contributed by atoms with Gasteiger partial charge >= 0.3 is 5.91 Å². The molecule has 3 nitrogen and oxygen atoms in total. The van der Waals surface area contributed by atoms with Crippen LogP contribution in [0.15, 0.2) is 0 Å². The Bertz CT molecular complexity index is 70.1. The number of quaternary nitrogens is 1. The monoisotopic (exact) mass is 103 g/mol. The van der Waals surface area contributed by atoms with Crippen LogP contribution in [0, 0.1) is 11.1 Å². The molecule has 0 heterocycles. The summed E-state index contributed by atoms with van der Waals surface area (Å²) < 4.78 is 0. The maximum Gasteiger partial charge on any atom is 0.312 e. The molecule has 0 aliphatic carbocycles. The fourth-order valence-electron chi connectivity index (χ4n) is 0.136. The largest absolute Gasteiger partial charge is 0.628 e. The van der Waals surface area contributed by atoms with Crippen molar-refractivity contribution in [1.29, 1.82) is 0 Å². The van der Waals surface area contributed by atoms with E-state index in [2.05, 4.69) is 0 Å². The van der Waals surface area contributed by atoms with Gasteiger partial charge in [-0.15, -0.1) is 0 Å². The number of rotatable bonds is 1. The zero-order chi connectivity index (χ0) is 5.86. The Labute approximate surface area is 42.3 Å². The van der Waals surface area contributed by atoms with Crippen LogP contribution in [0.2, 0.25) is 0 Å². The minimum absolute atomic E-state index is 0.141. The van der Waals surface area contributed by atoms with Gasteiger partial charge in [-0.05, 0) is 13.8 Å². The Kier molecular flexibility index (Phi) is 2.55. The van der Waals surface area contributed by atoms with E-state index in [4.69, 9.17) is 0 Å². The number of hydroxylamine groups is 1. The van der Waals surface area contributed by atoms with Crippen molar-refractivity contribution in [2.24, 2.45) is 5.92 Å². The minimum atomic E-state index is -0.333. The van der Waals surface area contributed by atoms with E-state index in [-0.39, 0.29) is 11.8 Å². The highest BCUT2D eigenvalue weighted by atomic mass is 16.5. The molecule has 0 spiro atoms. The number of primary amides is 1. The SMILES string of the molecule is CC(C)C(=O)[NH2+][O-]. The molecular weight excluding hydrogens is 94.0 g/mol. The molecule has 0 aromatic carbocycles. The van der Waals surface area contributed by atoms with E-state index in [0.29, 0.717) is 5.48 Å². The first-order chi connectivity index (χ1) is 3.18. The number of amides is 1. The van der Waals surface area contributed by atoms with Crippen LogP contribution in [0.1, 0.15) is 13.8 Å². The number of hydrogen-bond acceptors (Lipinski definition) is 2. The van der Waals surface area contributed by atoms with Crippen LogP contribution in [0.4, 0.5) is 0 Å². The summed E-state index contributed by atoms with van der Waals surface area (Å²) in [7, 11) is 0. The lowest BCUT2D eigenvalue weighted by atomic mass is 10.2. The summed E-state index contributed by atoms with van der Waals surface area (Å²) >= 11 is 0. The molecule has 3 heteroatoms. The van der Waals surface area contributed by atoms with Crippen molar-refractivity contribution >= 4 is 5.91 Å². The van der Waals surface area contributed by atoms with E-state index in [1.165, 1.54) is 0 Å². The normalized spacial score (nSPS) is 9.71. The summed E-state index contributed by atoms with van der Waals surface area (Å²) in [4.78, 5) is 10.1. The lowest BCUT2D eigenvalue weighted by Gasteiger charge is -1.99. The standard InChI is InChI=1S/C4H9NO2/c1-3(2)4(6)5-7/h3H,5H2,1-2H3. The van der Waals surface area contributed by atoms with Crippen LogP contribution in [0.5, 0.6) is 0 Å². The van der Waals surface area contributed by atoms with Crippen molar-refractivity contribution in [2.45, 2.75) is 13.8 Å². The molecule has 0 atom stereocenters. The van der Waals surface area contributed by atoms with Crippen molar-refractivity contribution in [3.05, 3.63) is 5.21 Å². The number of carbonyl (C=O) groups excluding carboxylic acids is 1. The third-order valence-corrected chi connectivity index (χ3v) is 0.685. The second-order valence-electron chi connectivity index (χ2n) is 1.67. The maximum absolute atomic E-state index is 10.1. The average Bonchev–Trinajstić information content (AvgIpc) is 1.65. The third kappa shape index (κ3) is 2.31.